The first-order chi connectivity index (χ1) is 14.3. The molecular formula is C22H28N2O6. The Morgan fingerprint density at radius 2 is 1.77 bits per heavy atom. The van der Waals surface area contributed by atoms with Crippen LogP contribution < -0.4 is 10.1 Å². The molecule has 1 amide bonds. The maximum atomic E-state index is 12.6. The minimum absolute atomic E-state index is 0.206. The zero-order valence-electron chi connectivity index (χ0n) is 18.0. The van der Waals surface area contributed by atoms with Crippen LogP contribution in [0.25, 0.3) is 0 Å². The van der Waals surface area contributed by atoms with Crippen molar-refractivity contribution in [1.82, 2.24) is 10.3 Å². The van der Waals surface area contributed by atoms with E-state index >= 15 is 0 Å². The van der Waals surface area contributed by atoms with Crippen molar-refractivity contribution in [3.05, 3.63) is 52.3 Å². The van der Waals surface area contributed by atoms with Crippen molar-refractivity contribution in [3.63, 3.8) is 0 Å². The van der Waals surface area contributed by atoms with E-state index in [4.69, 9.17) is 14.2 Å². The number of benzene rings is 1. The fraction of sp³-hybridized carbons (Fsp3) is 0.409. The minimum Gasteiger partial charge on any atom is -0.497 e. The van der Waals surface area contributed by atoms with Gasteiger partial charge in [0.15, 0.2) is 6.10 Å². The van der Waals surface area contributed by atoms with Gasteiger partial charge in [0.25, 0.3) is 5.91 Å². The van der Waals surface area contributed by atoms with E-state index in [1.54, 1.807) is 27.9 Å². The van der Waals surface area contributed by atoms with Gasteiger partial charge in [0.1, 0.15) is 11.4 Å². The summed E-state index contributed by atoms with van der Waals surface area (Å²) in [5, 5.41) is 2.76. The molecule has 2 aromatic rings. The number of rotatable bonds is 9. The highest BCUT2D eigenvalue weighted by Gasteiger charge is 2.26. The molecule has 0 aliphatic rings. The molecule has 0 bridgehead atoms. The molecule has 0 saturated carbocycles. The van der Waals surface area contributed by atoms with E-state index in [0.717, 1.165) is 11.3 Å². The first-order valence-electron chi connectivity index (χ1n) is 9.76. The number of hydrogen-bond acceptors (Lipinski definition) is 6. The predicted octanol–water partition coefficient (Wildman–Crippen LogP) is 2.72. The van der Waals surface area contributed by atoms with Crippen molar-refractivity contribution in [3.8, 4) is 5.75 Å². The lowest BCUT2D eigenvalue weighted by molar-refractivity contribution is -0.129. The van der Waals surface area contributed by atoms with E-state index in [2.05, 4.69) is 10.3 Å². The van der Waals surface area contributed by atoms with Crippen LogP contribution in [0.5, 0.6) is 5.75 Å². The van der Waals surface area contributed by atoms with E-state index in [0.29, 0.717) is 24.2 Å². The second kappa shape index (κ2) is 10.5. The molecule has 1 heterocycles. The summed E-state index contributed by atoms with van der Waals surface area (Å²) in [5.74, 6) is -0.839. The zero-order valence-corrected chi connectivity index (χ0v) is 18.0. The summed E-state index contributed by atoms with van der Waals surface area (Å²) in [5.41, 5.74) is 2.40. The van der Waals surface area contributed by atoms with Crippen molar-refractivity contribution < 1.29 is 28.6 Å². The van der Waals surface area contributed by atoms with Gasteiger partial charge in [0, 0.05) is 12.2 Å². The van der Waals surface area contributed by atoms with Gasteiger partial charge in [0.2, 0.25) is 0 Å². The van der Waals surface area contributed by atoms with Crippen molar-refractivity contribution in [2.75, 3.05) is 20.3 Å². The average Bonchev–Trinajstić information content (AvgIpc) is 3.02. The number of amides is 1. The van der Waals surface area contributed by atoms with E-state index in [1.165, 1.54) is 6.92 Å². The van der Waals surface area contributed by atoms with Crippen molar-refractivity contribution in [2.45, 2.75) is 40.2 Å². The summed E-state index contributed by atoms with van der Waals surface area (Å²) in [4.78, 5) is 39.7. The number of carbonyl (C=O) groups excluding carboxylic acids is 3. The van der Waals surface area contributed by atoms with Crippen LogP contribution in [0.1, 0.15) is 51.5 Å². The molecule has 30 heavy (non-hydrogen) atoms. The highest BCUT2D eigenvalue weighted by Crippen LogP contribution is 2.20. The Kier molecular flexibility index (Phi) is 8.03. The molecule has 0 radical (unpaired) electrons. The van der Waals surface area contributed by atoms with Crippen LogP contribution in [0.2, 0.25) is 0 Å². The molecule has 0 aliphatic carbocycles. The quantitative estimate of drug-likeness (QED) is 0.609. The van der Waals surface area contributed by atoms with E-state index in [-0.39, 0.29) is 17.9 Å². The third-order valence-corrected chi connectivity index (χ3v) is 4.65. The van der Waals surface area contributed by atoms with Gasteiger partial charge >= 0.3 is 11.9 Å². The Balaban J connectivity index is 1.91. The number of hydrogen-bond donors (Lipinski definition) is 2. The van der Waals surface area contributed by atoms with Gasteiger partial charge in [-0.15, -0.1) is 0 Å². The molecule has 0 saturated heterocycles. The fourth-order valence-corrected chi connectivity index (χ4v) is 3.00. The summed E-state index contributed by atoms with van der Waals surface area (Å²) in [6.45, 7) is 7.13. The van der Waals surface area contributed by atoms with Crippen LogP contribution in [0.3, 0.4) is 0 Å². The number of aromatic amines is 1. The number of nitrogens with one attached hydrogen (secondary N) is 2. The zero-order chi connectivity index (χ0) is 22.3. The van der Waals surface area contributed by atoms with Crippen LogP contribution in [0.15, 0.2) is 24.3 Å². The summed E-state index contributed by atoms with van der Waals surface area (Å²) >= 11 is 0. The Bertz CT molecular complexity index is 901. The van der Waals surface area contributed by atoms with Crippen LogP contribution in [0, 0.1) is 13.8 Å². The molecule has 1 aromatic carbocycles. The van der Waals surface area contributed by atoms with Crippen LogP contribution in [-0.4, -0.2) is 49.2 Å². The van der Waals surface area contributed by atoms with Crippen molar-refractivity contribution >= 4 is 17.8 Å². The van der Waals surface area contributed by atoms with E-state index in [9.17, 15) is 14.4 Å². The Labute approximate surface area is 175 Å². The van der Waals surface area contributed by atoms with Gasteiger partial charge in [-0.25, -0.2) is 9.59 Å². The molecule has 0 aliphatic heterocycles. The summed E-state index contributed by atoms with van der Waals surface area (Å²) in [6.07, 6.45) is -0.344. The third-order valence-electron chi connectivity index (χ3n) is 4.65. The largest absolute Gasteiger partial charge is 0.497 e. The van der Waals surface area contributed by atoms with E-state index in [1.807, 2.05) is 24.3 Å². The highest BCUT2D eigenvalue weighted by molar-refractivity contribution is 5.99. The molecule has 8 nitrogen and oxygen atoms in total. The lowest BCUT2D eigenvalue weighted by Gasteiger charge is -2.14. The normalized spacial score (nSPS) is 11.5. The maximum absolute atomic E-state index is 12.6. The Morgan fingerprint density at radius 3 is 2.37 bits per heavy atom. The average molecular weight is 416 g/mol. The molecule has 0 fully saturated rings. The topological polar surface area (TPSA) is 107 Å². The summed E-state index contributed by atoms with van der Waals surface area (Å²) < 4.78 is 15.4. The Morgan fingerprint density at radius 1 is 1.10 bits per heavy atom. The summed E-state index contributed by atoms with van der Waals surface area (Å²) in [7, 11) is 1.60. The van der Waals surface area contributed by atoms with Crippen LogP contribution >= 0.6 is 0 Å². The molecular weight excluding hydrogens is 388 g/mol. The second-order valence-corrected chi connectivity index (χ2v) is 6.78. The minimum atomic E-state index is -0.979. The predicted molar refractivity (Wildman–Crippen MR) is 111 cm³/mol. The Hall–Kier alpha value is -3.29. The highest BCUT2D eigenvalue weighted by atomic mass is 16.5. The molecule has 162 valence electrons. The molecule has 8 heteroatoms. The number of esters is 2. The van der Waals surface area contributed by atoms with Gasteiger partial charge in [-0.2, -0.15) is 0 Å². The fourth-order valence-electron chi connectivity index (χ4n) is 3.00. The number of methoxy groups -OCH3 is 1. The monoisotopic (exact) mass is 416 g/mol. The van der Waals surface area contributed by atoms with E-state index < -0.39 is 23.9 Å². The first-order valence-corrected chi connectivity index (χ1v) is 9.76. The number of aryl methyl sites for hydroxylation is 1. The van der Waals surface area contributed by atoms with Crippen molar-refractivity contribution in [2.24, 2.45) is 0 Å². The lowest BCUT2D eigenvalue weighted by atomic mass is 10.1. The SMILES string of the molecule is CCOC(=O)c1[nH]c(C)c(C(=O)O[C@H](C)C(=O)NCCc2ccc(OC)cc2)c1C. The number of H-pyrrole nitrogens is 1. The van der Waals surface area contributed by atoms with Gasteiger partial charge in [0.05, 0.1) is 19.3 Å². The smallest absolute Gasteiger partial charge is 0.355 e. The van der Waals surface area contributed by atoms with Gasteiger partial charge in [-0.1, -0.05) is 12.1 Å². The molecule has 2 rings (SSSR count). The summed E-state index contributed by atoms with van der Waals surface area (Å²) in [6, 6.07) is 7.56. The number of carbonyl (C=O) groups is 3. The molecule has 2 N–H and O–H groups in total. The molecule has 1 atom stereocenters. The molecule has 0 spiro atoms. The standard InChI is InChI=1S/C22H28N2O6/c1-6-29-22(27)19-13(2)18(14(3)24-19)21(26)30-15(4)20(25)23-12-11-16-7-9-17(28-5)10-8-16/h7-10,15,24H,6,11-12H2,1-5H3,(H,23,25)/t15-/m1/s1. The number of aromatic nitrogens is 1. The first kappa shape index (κ1) is 23.0. The third kappa shape index (κ3) is 5.62. The number of ether oxygens (including phenoxy) is 3. The lowest BCUT2D eigenvalue weighted by Crippen LogP contribution is -2.37. The second-order valence-electron chi connectivity index (χ2n) is 6.78. The van der Waals surface area contributed by atoms with Gasteiger partial charge in [-0.3, -0.25) is 4.79 Å². The van der Waals surface area contributed by atoms with Crippen LogP contribution in [0.4, 0.5) is 0 Å². The molecule has 1 aromatic heterocycles. The maximum Gasteiger partial charge on any atom is 0.355 e. The van der Waals surface area contributed by atoms with Crippen molar-refractivity contribution in [1.29, 1.82) is 0 Å². The molecule has 0 unspecified atom stereocenters. The van der Waals surface area contributed by atoms with Crippen LogP contribution in [-0.2, 0) is 20.7 Å². The van der Waals surface area contributed by atoms with Gasteiger partial charge < -0.3 is 24.5 Å². The van der Waals surface area contributed by atoms with Gasteiger partial charge in [-0.05, 0) is 57.4 Å².